The van der Waals surface area contributed by atoms with Crippen molar-refractivity contribution >= 4 is 12.1 Å². The van der Waals surface area contributed by atoms with Gasteiger partial charge in [-0.25, -0.2) is 4.79 Å². The summed E-state index contributed by atoms with van der Waals surface area (Å²) in [6, 6.07) is 9.34. The van der Waals surface area contributed by atoms with Crippen molar-refractivity contribution in [3.8, 4) is 0 Å². The summed E-state index contributed by atoms with van der Waals surface area (Å²) in [6.07, 6.45) is -1.51. The molecule has 2 N–H and O–H groups in total. The van der Waals surface area contributed by atoms with Gasteiger partial charge in [0.15, 0.2) is 0 Å². The van der Waals surface area contributed by atoms with Crippen molar-refractivity contribution in [2.24, 2.45) is 5.41 Å². The largest absolute Gasteiger partial charge is 0.506 e. The second-order valence-corrected chi connectivity index (χ2v) is 6.05. The number of methoxy groups -OCH3 is 1. The number of rotatable bonds is 6. The zero-order chi connectivity index (χ0) is 16.8. The molecule has 0 saturated carbocycles. The Hall–Kier alpha value is -2.08. The topological polar surface area (TPSA) is 84.9 Å². The highest BCUT2D eigenvalue weighted by Gasteiger charge is 2.52. The van der Waals surface area contributed by atoms with E-state index >= 15 is 0 Å². The summed E-state index contributed by atoms with van der Waals surface area (Å²) in [5.41, 5.74) is -1.49. The third kappa shape index (κ3) is 4.21. The van der Waals surface area contributed by atoms with Crippen LogP contribution >= 0.6 is 0 Å². The van der Waals surface area contributed by atoms with E-state index in [2.05, 4.69) is 5.32 Å². The van der Waals surface area contributed by atoms with Gasteiger partial charge >= 0.3 is 6.16 Å². The molecule has 0 aromatic heterocycles. The second-order valence-electron chi connectivity index (χ2n) is 6.05. The number of carboxylic acid groups (broad SMARTS) is 1. The highest BCUT2D eigenvalue weighted by molar-refractivity contribution is 5.88. The van der Waals surface area contributed by atoms with Crippen LogP contribution in [0.1, 0.15) is 26.3 Å². The van der Waals surface area contributed by atoms with Crippen LogP contribution < -0.4 is 5.32 Å². The maximum atomic E-state index is 12.6. The third-order valence-corrected chi connectivity index (χ3v) is 3.48. The molecule has 1 aromatic rings. The van der Waals surface area contributed by atoms with E-state index in [9.17, 15) is 9.59 Å². The molecule has 122 valence electrons. The van der Waals surface area contributed by atoms with Crippen molar-refractivity contribution < 1.29 is 24.2 Å². The van der Waals surface area contributed by atoms with Crippen LogP contribution in [0.3, 0.4) is 0 Å². The second kappa shape index (κ2) is 7.26. The van der Waals surface area contributed by atoms with Crippen molar-refractivity contribution in [3.05, 3.63) is 35.9 Å². The molecule has 0 spiro atoms. The number of nitrogens with one attached hydrogen (secondary N) is 1. The lowest BCUT2D eigenvalue weighted by Crippen LogP contribution is -2.60. The Morgan fingerprint density at radius 3 is 2.23 bits per heavy atom. The Balaban J connectivity index is 2.98. The fourth-order valence-corrected chi connectivity index (χ4v) is 2.12. The standard InChI is InChI=1S/C16H23NO5/c1-15(2,3)16(11-21-4,22-14(19)20)13(18)17-10-12-8-6-5-7-9-12/h5-9H,10-11H2,1-4H3,(H,17,18)(H,19,20). The average molecular weight is 309 g/mol. The first-order chi connectivity index (χ1) is 10.2. The molecular formula is C16H23NO5. The highest BCUT2D eigenvalue weighted by atomic mass is 16.7. The molecule has 0 radical (unpaired) electrons. The van der Waals surface area contributed by atoms with Gasteiger partial charge in [-0.3, -0.25) is 4.79 Å². The maximum Gasteiger partial charge on any atom is 0.506 e. The van der Waals surface area contributed by atoms with Gasteiger partial charge in [0.25, 0.3) is 5.91 Å². The zero-order valence-electron chi connectivity index (χ0n) is 13.4. The van der Waals surface area contributed by atoms with E-state index in [1.54, 1.807) is 20.8 Å². The van der Waals surface area contributed by atoms with E-state index in [1.807, 2.05) is 30.3 Å². The Morgan fingerprint density at radius 1 is 1.18 bits per heavy atom. The summed E-state index contributed by atoms with van der Waals surface area (Å²) in [6.45, 7) is 5.32. The molecular weight excluding hydrogens is 286 g/mol. The Kier molecular flexibility index (Phi) is 5.93. The van der Waals surface area contributed by atoms with Crippen molar-refractivity contribution in [2.75, 3.05) is 13.7 Å². The van der Waals surface area contributed by atoms with Gasteiger partial charge < -0.3 is 19.9 Å². The Labute approximate surface area is 130 Å². The average Bonchev–Trinajstić information content (AvgIpc) is 2.43. The first-order valence-corrected chi connectivity index (χ1v) is 6.96. The number of carbonyl (C=O) groups is 2. The summed E-state index contributed by atoms with van der Waals surface area (Å²) in [7, 11) is 1.40. The van der Waals surface area contributed by atoms with Crippen LogP contribution in [-0.4, -0.2) is 36.5 Å². The summed E-state index contributed by atoms with van der Waals surface area (Å²) in [4.78, 5) is 23.7. The molecule has 0 aliphatic heterocycles. The van der Waals surface area contributed by atoms with E-state index in [0.717, 1.165) is 5.56 Å². The summed E-state index contributed by atoms with van der Waals surface area (Å²) >= 11 is 0. The number of amides is 1. The third-order valence-electron chi connectivity index (χ3n) is 3.48. The van der Waals surface area contributed by atoms with Gasteiger partial charge in [0.05, 0.1) is 6.61 Å². The molecule has 0 aliphatic rings. The Morgan fingerprint density at radius 2 is 1.77 bits per heavy atom. The molecule has 0 fully saturated rings. The van der Waals surface area contributed by atoms with Gasteiger partial charge in [0.2, 0.25) is 5.60 Å². The minimum Gasteiger partial charge on any atom is -0.450 e. The van der Waals surface area contributed by atoms with Crippen molar-refractivity contribution in [3.63, 3.8) is 0 Å². The SMILES string of the molecule is COCC(OC(=O)O)(C(=O)NCc1ccccc1)C(C)(C)C. The van der Waals surface area contributed by atoms with E-state index in [0.29, 0.717) is 0 Å². The fourth-order valence-electron chi connectivity index (χ4n) is 2.12. The molecule has 0 aliphatic carbocycles. The smallest absolute Gasteiger partial charge is 0.450 e. The van der Waals surface area contributed by atoms with Crippen molar-refractivity contribution in [1.29, 1.82) is 0 Å². The summed E-state index contributed by atoms with van der Waals surface area (Å²) < 4.78 is 10.0. The van der Waals surface area contributed by atoms with Gasteiger partial charge in [-0.05, 0) is 5.56 Å². The highest BCUT2D eigenvalue weighted by Crippen LogP contribution is 2.35. The number of carbonyl (C=O) groups excluding carboxylic acids is 1. The van der Waals surface area contributed by atoms with Crippen molar-refractivity contribution in [1.82, 2.24) is 5.32 Å². The number of ether oxygens (including phenoxy) is 2. The predicted octanol–water partition coefficient (Wildman–Crippen LogP) is 2.43. The molecule has 6 nitrogen and oxygen atoms in total. The van der Waals surface area contributed by atoms with Gasteiger partial charge in [0, 0.05) is 19.1 Å². The molecule has 0 saturated heterocycles. The predicted molar refractivity (Wildman–Crippen MR) is 81.5 cm³/mol. The molecule has 1 rings (SSSR count). The number of hydrogen-bond acceptors (Lipinski definition) is 4. The van der Waals surface area contributed by atoms with Crippen LogP contribution in [0, 0.1) is 5.41 Å². The van der Waals surface area contributed by atoms with Gasteiger partial charge in [-0.15, -0.1) is 0 Å². The lowest BCUT2D eigenvalue weighted by atomic mass is 9.76. The quantitative estimate of drug-likeness (QED) is 0.788. The molecule has 0 heterocycles. The van der Waals surface area contributed by atoms with E-state index in [1.165, 1.54) is 7.11 Å². The number of benzene rings is 1. The minimum absolute atomic E-state index is 0.163. The van der Waals surface area contributed by atoms with E-state index < -0.39 is 23.1 Å². The van der Waals surface area contributed by atoms with Crippen LogP contribution in [0.5, 0.6) is 0 Å². The summed E-state index contributed by atoms with van der Waals surface area (Å²) in [5, 5.41) is 11.7. The van der Waals surface area contributed by atoms with Gasteiger partial charge in [-0.2, -0.15) is 0 Å². The molecule has 1 atom stereocenters. The zero-order valence-corrected chi connectivity index (χ0v) is 13.4. The molecule has 1 amide bonds. The van der Waals surface area contributed by atoms with Crippen molar-refractivity contribution in [2.45, 2.75) is 32.9 Å². The maximum absolute atomic E-state index is 12.6. The first kappa shape index (κ1) is 18.0. The van der Waals surface area contributed by atoms with E-state index in [-0.39, 0.29) is 13.2 Å². The van der Waals surface area contributed by atoms with Crippen LogP contribution in [0.2, 0.25) is 0 Å². The Bertz CT molecular complexity index is 509. The monoisotopic (exact) mass is 309 g/mol. The van der Waals surface area contributed by atoms with Crippen LogP contribution in [0.4, 0.5) is 4.79 Å². The molecule has 1 aromatic carbocycles. The molecule has 22 heavy (non-hydrogen) atoms. The lowest BCUT2D eigenvalue weighted by molar-refractivity contribution is -0.166. The summed E-state index contributed by atoms with van der Waals surface area (Å²) in [5.74, 6) is -0.520. The molecule has 6 heteroatoms. The lowest BCUT2D eigenvalue weighted by Gasteiger charge is -2.40. The fraction of sp³-hybridized carbons (Fsp3) is 0.500. The minimum atomic E-state index is -1.62. The first-order valence-electron chi connectivity index (χ1n) is 6.96. The molecule has 1 unspecified atom stereocenters. The number of hydrogen-bond donors (Lipinski definition) is 2. The van der Waals surface area contributed by atoms with Crippen LogP contribution in [-0.2, 0) is 20.8 Å². The normalized spacial score (nSPS) is 14.0. The van der Waals surface area contributed by atoms with Crippen LogP contribution in [0.15, 0.2) is 30.3 Å². The van der Waals surface area contributed by atoms with Gasteiger partial charge in [0.1, 0.15) is 0 Å². The van der Waals surface area contributed by atoms with E-state index in [4.69, 9.17) is 14.6 Å². The van der Waals surface area contributed by atoms with Gasteiger partial charge in [-0.1, -0.05) is 51.1 Å². The van der Waals surface area contributed by atoms with Crippen LogP contribution in [0.25, 0.3) is 0 Å². The molecule has 0 bridgehead atoms.